The minimum atomic E-state index is -0.361. The number of ether oxygens (including phenoxy) is 2. The second-order valence-electron chi connectivity index (χ2n) is 5.26. The number of hydrogen-bond acceptors (Lipinski definition) is 4. The molecule has 1 spiro atoms. The first-order valence-electron chi connectivity index (χ1n) is 6.81. The molecule has 5 heteroatoms. The van der Waals surface area contributed by atoms with Crippen LogP contribution in [0.4, 0.5) is 10.2 Å². The second-order valence-corrected chi connectivity index (χ2v) is 5.26. The summed E-state index contributed by atoms with van der Waals surface area (Å²) in [5.41, 5.74) is 0. The van der Waals surface area contributed by atoms with Crippen LogP contribution >= 0.6 is 0 Å². The third kappa shape index (κ3) is 2.44. The predicted molar refractivity (Wildman–Crippen MR) is 69.5 cm³/mol. The van der Waals surface area contributed by atoms with E-state index in [2.05, 4.69) is 4.98 Å². The molecule has 104 valence electrons. The summed E-state index contributed by atoms with van der Waals surface area (Å²) < 4.78 is 25.2. The molecule has 0 aromatic carbocycles. The molecule has 1 aliphatic heterocycles. The Labute approximate surface area is 112 Å². The molecular formula is C14H19FN2O2. The largest absolute Gasteiger partial charge is 0.354 e. The molecule has 0 atom stereocenters. The van der Waals surface area contributed by atoms with Gasteiger partial charge >= 0.3 is 0 Å². The molecular weight excluding hydrogens is 247 g/mol. The summed E-state index contributed by atoms with van der Waals surface area (Å²) in [6, 6.07) is 3.36. The van der Waals surface area contributed by atoms with Gasteiger partial charge in [0.15, 0.2) is 17.4 Å². The lowest BCUT2D eigenvalue weighted by atomic mass is 9.89. The van der Waals surface area contributed by atoms with Gasteiger partial charge in [0.2, 0.25) is 0 Å². The van der Waals surface area contributed by atoms with E-state index in [4.69, 9.17) is 9.47 Å². The Morgan fingerprint density at radius 3 is 2.63 bits per heavy atom. The summed E-state index contributed by atoms with van der Waals surface area (Å²) in [5.74, 6) is -0.199. The highest BCUT2D eigenvalue weighted by molar-refractivity contribution is 5.39. The van der Waals surface area contributed by atoms with Gasteiger partial charge in [-0.3, -0.25) is 0 Å². The Morgan fingerprint density at radius 1 is 1.32 bits per heavy atom. The molecule has 4 nitrogen and oxygen atoms in total. The number of aromatic nitrogens is 1. The third-order valence-corrected chi connectivity index (χ3v) is 4.15. The molecule has 0 unspecified atom stereocenters. The van der Waals surface area contributed by atoms with Crippen LogP contribution in [0.5, 0.6) is 0 Å². The smallest absolute Gasteiger partial charge is 0.168 e. The Morgan fingerprint density at radius 2 is 2.00 bits per heavy atom. The molecule has 0 radical (unpaired) electrons. The van der Waals surface area contributed by atoms with E-state index in [1.54, 1.807) is 12.3 Å². The Kier molecular flexibility index (Phi) is 3.41. The highest BCUT2D eigenvalue weighted by Crippen LogP contribution is 2.37. The zero-order chi connectivity index (χ0) is 13.3. The van der Waals surface area contributed by atoms with Crippen LogP contribution in [0.25, 0.3) is 0 Å². The summed E-state index contributed by atoms with van der Waals surface area (Å²) in [6.07, 6.45) is 5.24. The molecule has 2 heterocycles. The van der Waals surface area contributed by atoms with E-state index < -0.39 is 0 Å². The summed E-state index contributed by atoms with van der Waals surface area (Å²) in [5, 5.41) is 0. The van der Waals surface area contributed by atoms with Crippen LogP contribution in [0.3, 0.4) is 0 Å². The fourth-order valence-corrected chi connectivity index (χ4v) is 3.03. The van der Waals surface area contributed by atoms with Crippen molar-refractivity contribution in [3.8, 4) is 0 Å². The number of nitrogens with zero attached hydrogens (tertiary/aromatic N) is 2. The van der Waals surface area contributed by atoms with Gasteiger partial charge in [0.1, 0.15) is 0 Å². The fourth-order valence-electron chi connectivity index (χ4n) is 3.03. The van der Waals surface area contributed by atoms with Gasteiger partial charge < -0.3 is 14.4 Å². The molecule has 1 saturated heterocycles. The fraction of sp³-hybridized carbons (Fsp3) is 0.643. The summed E-state index contributed by atoms with van der Waals surface area (Å²) in [7, 11) is 1.91. The van der Waals surface area contributed by atoms with Crippen molar-refractivity contribution in [1.82, 2.24) is 4.98 Å². The SMILES string of the molecule is CN(c1ncccc1F)C1CCC2(CC1)OCCO2. The minimum absolute atomic E-state index is 0.265. The molecule has 0 bridgehead atoms. The highest BCUT2D eigenvalue weighted by atomic mass is 19.1. The normalized spacial score (nSPS) is 22.8. The minimum Gasteiger partial charge on any atom is -0.354 e. The van der Waals surface area contributed by atoms with E-state index in [0.717, 1.165) is 25.7 Å². The van der Waals surface area contributed by atoms with E-state index in [9.17, 15) is 4.39 Å². The molecule has 1 aromatic rings. The van der Waals surface area contributed by atoms with Gasteiger partial charge in [-0.05, 0) is 25.0 Å². The van der Waals surface area contributed by atoms with Crippen LogP contribution in [0.1, 0.15) is 25.7 Å². The molecule has 0 N–H and O–H groups in total. The van der Waals surface area contributed by atoms with Gasteiger partial charge in [0.05, 0.1) is 13.2 Å². The summed E-state index contributed by atoms with van der Waals surface area (Å²) >= 11 is 0. The van der Waals surface area contributed by atoms with Crippen molar-refractivity contribution in [2.24, 2.45) is 0 Å². The maximum Gasteiger partial charge on any atom is 0.168 e. The lowest BCUT2D eigenvalue weighted by molar-refractivity contribution is -0.178. The Balaban J connectivity index is 1.66. The van der Waals surface area contributed by atoms with E-state index in [1.165, 1.54) is 6.07 Å². The first-order valence-corrected chi connectivity index (χ1v) is 6.81. The van der Waals surface area contributed by atoms with E-state index >= 15 is 0 Å². The zero-order valence-corrected chi connectivity index (χ0v) is 11.1. The maximum atomic E-state index is 13.7. The Bertz CT molecular complexity index is 439. The molecule has 1 aromatic heterocycles. The standard InChI is InChI=1S/C14H19FN2O2/c1-17(13-12(15)3-2-8-16-13)11-4-6-14(7-5-11)18-9-10-19-14/h2-3,8,11H,4-7,9-10H2,1H3. The third-order valence-electron chi connectivity index (χ3n) is 4.15. The van der Waals surface area contributed by atoms with Crippen molar-refractivity contribution in [2.45, 2.75) is 37.5 Å². The summed E-state index contributed by atoms with van der Waals surface area (Å²) in [4.78, 5) is 6.07. The lowest BCUT2D eigenvalue weighted by Gasteiger charge is -2.39. The van der Waals surface area contributed by atoms with Crippen molar-refractivity contribution >= 4 is 5.82 Å². The van der Waals surface area contributed by atoms with Crippen molar-refractivity contribution in [3.63, 3.8) is 0 Å². The number of halogens is 1. The maximum absolute atomic E-state index is 13.7. The molecule has 2 aliphatic rings. The first kappa shape index (κ1) is 12.8. The van der Waals surface area contributed by atoms with Crippen LogP contribution in [-0.2, 0) is 9.47 Å². The zero-order valence-electron chi connectivity index (χ0n) is 11.1. The first-order chi connectivity index (χ1) is 9.20. The van der Waals surface area contributed by atoms with Crippen molar-refractivity contribution in [2.75, 3.05) is 25.2 Å². The predicted octanol–water partition coefficient (Wildman–Crippen LogP) is 2.34. The molecule has 1 saturated carbocycles. The number of hydrogen-bond donors (Lipinski definition) is 0. The molecule has 0 amide bonds. The van der Waals surface area contributed by atoms with Crippen LogP contribution in [-0.4, -0.2) is 37.1 Å². The van der Waals surface area contributed by atoms with Crippen LogP contribution in [0, 0.1) is 5.82 Å². The number of rotatable bonds is 2. The monoisotopic (exact) mass is 266 g/mol. The second kappa shape index (κ2) is 5.06. The number of pyridine rings is 1. The van der Waals surface area contributed by atoms with Crippen LogP contribution in [0.2, 0.25) is 0 Å². The topological polar surface area (TPSA) is 34.6 Å². The van der Waals surface area contributed by atoms with Gasteiger partial charge in [0, 0.05) is 32.1 Å². The molecule has 1 aliphatic carbocycles. The van der Waals surface area contributed by atoms with Gasteiger partial charge in [-0.2, -0.15) is 0 Å². The quantitative estimate of drug-likeness (QED) is 0.823. The van der Waals surface area contributed by atoms with Crippen molar-refractivity contribution < 1.29 is 13.9 Å². The van der Waals surface area contributed by atoms with Gasteiger partial charge in [-0.25, -0.2) is 9.37 Å². The van der Waals surface area contributed by atoms with Crippen molar-refractivity contribution in [3.05, 3.63) is 24.1 Å². The number of anilines is 1. The van der Waals surface area contributed by atoms with E-state index in [1.807, 2.05) is 11.9 Å². The molecule has 2 fully saturated rings. The average molecular weight is 266 g/mol. The molecule has 19 heavy (non-hydrogen) atoms. The van der Waals surface area contributed by atoms with E-state index in [0.29, 0.717) is 25.1 Å². The van der Waals surface area contributed by atoms with Crippen LogP contribution in [0.15, 0.2) is 18.3 Å². The highest BCUT2D eigenvalue weighted by Gasteiger charge is 2.41. The van der Waals surface area contributed by atoms with Crippen molar-refractivity contribution in [1.29, 1.82) is 0 Å². The Hall–Kier alpha value is -1.20. The molecule has 3 rings (SSSR count). The average Bonchev–Trinajstić information content (AvgIpc) is 2.88. The van der Waals surface area contributed by atoms with Gasteiger partial charge in [-0.1, -0.05) is 0 Å². The van der Waals surface area contributed by atoms with Crippen LogP contribution < -0.4 is 4.90 Å². The van der Waals surface area contributed by atoms with Gasteiger partial charge in [0.25, 0.3) is 0 Å². The summed E-state index contributed by atoms with van der Waals surface area (Å²) in [6.45, 7) is 1.38. The van der Waals surface area contributed by atoms with Gasteiger partial charge in [-0.15, -0.1) is 0 Å². The van der Waals surface area contributed by atoms with E-state index in [-0.39, 0.29) is 11.6 Å². The lowest BCUT2D eigenvalue weighted by Crippen LogP contribution is -2.43.